The summed E-state index contributed by atoms with van der Waals surface area (Å²) in [7, 11) is 0. The Morgan fingerprint density at radius 3 is 2.83 bits per heavy atom. The van der Waals surface area contributed by atoms with Crippen molar-refractivity contribution in [1.29, 1.82) is 0 Å². The van der Waals surface area contributed by atoms with E-state index >= 15 is 0 Å². The summed E-state index contributed by atoms with van der Waals surface area (Å²) in [6, 6.07) is 2.86. The predicted molar refractivity (Wildman–Crippen MR) is 46.6 cm³/mol. The number of aryl methyl sites for hydroxylation is 1. The highest BCUT2D eigenvalue weighted by Crippen LogP contribution is 2.30. The SMILES string of the molecule is Cc1ccc(F)c(N=C=O)c1Br. The van der Waals surface area contributed by atoms with Crippen molar-refractivity contribution in [2.75, 3.05) is 0 Å². The van der Waals surface area contributed by atoms with E-state index in [1.54, 1.807) is 13.0 Å². The average Bonchev–Trinajstić information content (AvgIpc) is 2.06. The van der Waals surface area contributed by atoms with Gasteiger partial charge in [0.25, 0.3) is 0 Å². The van der Waals surface area contributed by atoms with E-state index < -0.39 is 5.82 Å². The monoisotopic (exact) mass is 229 g/mol. The molecule has 1 aromatic rings. The number of aliphatic imine (C=N–C) groups is 1. The number of rotatable bonds is 1. The maximum absolute atomic E-state index is 12.9. The van der Waals surface area contributed by atoms with Gasteiger partial charge in [-0.05, 0) is 34.5 Å². The van der Waals surface area contributed by atoms with Gasteiger partial charge < -0.3 is 0 Å². The van der Waals surface area contributed by atoms with Gasteiger partial charge in [-0.1, -0.05) is 6.07 Å². The first-order valence-corrected chi connectivity index (χ1v) is 3.98. The Morgan fingerprint density at radius 2 is 2.25 bits per heavy atom. The number of benzene rings is 1. The largest absolute Gasteiger partial charge is 0.240 e. The standard InChI is InChI=1S/C8H5BrFNO/c1-5-2-3-6(10)8(7(5)9)11-4-12/h2-3H,1H3. The zero-order chi connectivity index (χ0) is 9.14. The normalized spacial score (nSPS) is 9.25. The lowest BCUT2D eigenvalue weighted by Gasteiger charge is -2.00. The van der Waals surface area contributed by atoms with E-state index in [1.165, 1.54) is 12.1 Å². The van der Waals surface area contributed by atoms with Gasteiger partial charge in [0, 0.05) is 0 Å². The van der Waals surface area contributed by atoms with Gasteiger partial charge >= 0.3 is 0 Å². The van der Waals surface area contributed by atoms with Gasteiger partial charge in [-0.2, -0.15) is 4.99 Å². The second-order valence-electron chi connectivity index (χ2n) is 2.23. The van der Waals surface area contributed by atoms with Crippen LogP contribution < -0.4 is 0 Å². The summed E-state index contributed by atoms with van der Waals surface area (Å²) in [5, 5.41) is 0. The molecule has 12 heavy (non-hydrogen) atoms. The van der Waals surface area contributed by atoms with Crippen LogP contribution in [0.2, 0.25) is 0 Å². The molecule has 0 amide bonds. The topological polar surface area (TPSA) is 29.4 Å². The van der Waals surface area contributed by atoms with Crippen LogP contribution in [0.5, 0.6) is 0 Å². The molecule has 0 aliphatic carbocycles. The van der Waals surface area contributed by atoms with Gasteiger partial charge in [0.15, 0.2) is 5.82 Å². The Bertz CT molecular complexity index is 358. The lowest BCUT2D eigenvalue weighted by atomic mass is 10.2. The third kappa shape index (κ3) is 1.60. The van der Waals surface area contributed by atoms with Crippen molar-refractivity contribution in [3.63, 3.8) is 0 Å². The maximum Gasteiger partial charge on any atom is 0.240 e. The summed E-state index contributed by atoms with van der Waals surface area (Å²) in [5.74, 6) is -0.532. The van der Waals surface area contributed by atoms with Crippen molar-refractivity contribution in [2.45, 2.75) is 6.92 Å². The van der Waals surface area contributed by atoms with E-state index in [1.807, 2.05) is 0 Å². The summed E-state index contributed by atoms with van der Waals surface area (Å²) >= 11 is 3.12. The fourth-order valence-electron chi connectivity index (χ4n) is 0.790. The molecule has 0 unspecified atom stereocenters. The Balaban J connectivity index is 3.42. The molecule has 0 aromatic heterocycles. The van der Waals surface area contributed by atoms with Gasteiger partial charge in [0.1, 0.15) is 5.69 Å². The highest BCUT2D eigenvalue weighted by atomic mass is 79.9. The van der Waals surface area contributed by atoms with Crippen LogP contribution >= 0.6 is 15.9 Å². The average molecular weight is 230 g/mol. The number of isocyanates is 1. The van der Waals surface area contributed by atoms with Crippen LogP contribution in [0.3, 0.4) is 0 Å². The second-order valence-corrected chi connectivity index (χ2v) is 3.02. The minimum Gasteiger partial charge on any atom is -0.211 e. The molecule has 1 aromatic carbocycles. The van der Waals surface area contributed by atoms with E-state index in [0.29, 0.717) is 4.47 Å². The minimum absolute atomic E-state index is 0.00463. The van der Waals surface area contributed by atoms with Crippen molar-refractivity contribution < 1.29 is 9.18 Å². The number of halogens is 2. The molecule has 0 heterocycles. The first-order valence-electron chi connectivity index (χ1n) is 3.19. The summed E-state index contributed by atoms with van der Waals surface area (Å²) in [5.41, 5.74) is 0.829. The van der Waals surface area contributed by atoms with Crippen molar-refractivity contribution >= 4 is 27.7 Å². The fraction of sp³-hybridized carbons (Fsp3) is 0.125. The molecule has 0 saturated heterocycles. The number of nitrogens with zero attached hydrogens (tertiary/aromatic N) is 1. The van der Waals surface area contributed by atoms with Crippen molar-refractivity contribution in [1.82, 2.24) is 0 Å². The van der Waals surface area contributed by atoms with Crippen LogP contribution in [0, 0.1) is 12.7 Å². The van der Waals surface area contributed by atoms with E-state index in [2.05, 4.69) is 20.9 Å². The van der Waals surface area contributed by atoms with Gasteiger partial charge in [-0.25, -0.2) is 9.18 Å². The Hall–Kier alpha value is -0.990. The van der Waals surface area contributed by atoms with E-state index in [0.717, 1.165) is 5.56 Å². The van der Waals surface area contributed by atoms with Crippen LogP contribution in [-0.4, -0.2) is 6.08 Å². The summed E-state index contributed by atoms with van der Waals surface area (Å²) in [4.78, 5) is 13.1. The van der Waals surface area contributed by atoms with Crippen LogP contribution in [0.4, 0.5) is 10.1 Å². The molecule has 0 atom stereocenters. The molecule has 0 aliphatic rings. The third-order valence-corrected chi connectivity index (χ3v) is 2.42. The van der Waals surface area contributed by atoms with Crippen LogP contribution in [0.25, 0.3) is 0 Å². The van der Waals surface area contributed by atoms with Crippen molar-refractivity contribution in [3.05, 3.63) is 28.0 Å². The summed E-state index contributed by atoms with van der Waals surface area (Å²) in [6.07, 6.45) is 1.30. The molecular weight excluding hydrogens is 225 g/mol. The molecule has 0 aliphatic heterocycles. The third-order valence-electron chi connectivity index (χ3n) is 1.42. The molecule has 0 fully saturated rings. The molecule has 0 N–H and O–H groups in total. The summed E-state index contributed by atoms with van der Waals surface area (Å²) < 4.78 is 13.4. The first-order chi connectivity index (χ1) is 5.66. The molecule has 62 valence electrons. The van der Waals surface area contributed by atoms with Gasteiger partial charge in [0.2, 0.25) is 6.08 Å². The Morgan fingerprint density at radius 1 is 1.58 bits per heavy atom. The first kappa shape index (κ1) is 9.10. The van der Waals surface area contributed by atoms with Crippen molar-refractivity contribution in [3.8, 4) is 0 Å². The highest BCUT2D eigenvalue weighted by molar-refractivity contribution is 9.10. The molecule has 0 saturated carbocycles. The van der Waals surface area contributed by atoms with E-state index in [-0.39, 0.29) is 5.69 Å². The fourth-order valence-corrected chi connectivity index (χ4v) is 1.20. The number of carbonyl (C=O) groups excluding carboxylic acids is 1. The zero-order valence-electron chi connectivity index (χ0n) is 6.27. The van der Waals surface area contributed by atoms with Crippen LogP contribution in [-0.2, 0) is 4.79 Å². The molecule has 4 heteroatoms. The lowest BCUT2D eigenvalue weighted by molar-refractivity contribution is 0.564. The Kier molecular flexibility index (Phi) is 2.74. The van der Waals surface area contributed by atoms with Crippen LogP contribution in [0.15, 0.2) is 21.6 Å². The van der Waals surface area contributed by atoms with E-state index in [9.17, 15) is 9.18 Å². The minimum atomic E-state index is -0.532. The molecule has 0 bridgehead atoms. The zero-order valence-corrected chi connectivity index (χ0v) is 7.85. The summed E-state index contributed by atoms with van der Waals surface area (Å²) in [6.45, 7) is 1.79. The highest BCUT2D eigenvalue weighted by Gasteiger charge is 2.07. The van der Waals surface area contributed by atoms with E-state index in [4.69, 9.17) is 0 Å². The second kappa shape index (κ2) is 3.61. The van der Waals surface area contributed by atoms with Gasteiger partial charge in [0.05, 0.1) is 4.47 Å². The molecule has 1 rings (SSSR count). The molecule has 0 spiro atoms. The molecule has 0 radical (unpaired) electrons. The van der Waals surface area contributed by atoms with Gasteiger partial charge in [-0.15, -0.1) is 0 Å². The van der Waals surface area contributed by atoms with Gasteiger partial charge in [-0.3, -0.25) is 0 Å². The quantitative estimate of drug-likeness (QED) is 0.538. The Labute approximate surface area is 77.3 Å². The molecule has 2 nitrogen and oxygen atoms in total. The lowest BCUT2D eigenvalue weighted by Crippen LogP contribution is -1.81. The number of hydrogen-bond donors (Lipinski definition) is 0. The molecular formula is C8H5BrFNO. The predicted octanol–water partition coefficient (Wildman–Crippen LogP) is 2.86. The van der Waals surface area contributed by atoms with Crippen LogP contribution in [0.1, 0.15) is 5.56 Å². The number of hydrogen-bond acceptors (Lipinski definition) is 2. The maximum atomic E-state index is 12.9. The van der Waals surface area contributed by atoms with Crippen molar-refractivity contribution in [2.24, 2.45) is 4.99 Å². The smallest absolute Gasteiger partial charge is 0.211 e.